The Morgan fingerprint density at radius 2 is 2.06 bits per heavy atom. The molecule has 0 atom stereocenters. The number of hydrogen-bond acceptors (Lipinski definition) is 4. The quantitative estimate of drug-likeness (QED) is 0.727. The Morgan fingerprint density at radius 1 is 1.18 bits per heavy atom. The Bertz CT molecular complexity index is 660. The van der Waals surface area contributed by atoms with Gasteiger partial charge in [0.2, 0.25) is 0 Å². The lowest BCUT2D eigenvalue weighted by Gasteiger charge is -2.03. The van der Waals surface area contributed by atoms with Gasteiger partial charge in [-0.2, -0.15) is 0 Å². The van der Waals surface area contributed by atoms with Crippen LogP contribution in [0.3, 0.4) is 0 Å². The molecule has 0 spiro atoms. The molecule has 0 radical (unpaired) electrons. The highest BCUT2D eigenvalue weighted by Gasteiger charge is 2.12. The number of aromatic nitrogens is 2. The van der Waals surface area contributed by atoms with Gasteiger partial charge >= 0.3 is 0 Å². The molecule has 0 amide bonds. The molecule has 0 aliphatic rings. The number of nitrogens with zero attached hydrogens (tertiary/aromatic N) is 2. The van der Waals surface area contributed by atoms with E-state index in [0.29, 0.717) is 6.54 Å². The van der Waals surface area contributed by atoms with Crippen LogP contribution in [0.2, 0.25) is 0 Å². The summed E-state index contributed by atoms with van der Waals surface area (Å²) in [6, 6.07) is 9.72. The molecule has 0 aliphatic heterocycles. The van der Waals surface area contributed by atoms with Gasteiger partial charge in [-0.25, -0.2) is 0 Å². The minimum absolute atomic E-state index is 0.477. The number of benzene rings is 1. The van der Waals surface area contributed by atoms with E-state index in [0.717, 1.165) is 27.8 Å². The van der Waals surface area contributed by atoms with Gasteiger partial charge in [0.1, 0.15) is 5.69 Å². The van der Waals surface area contributed by atoms with Crippen molar-refractivity contribution in [2.75, 3.05) is 0 Å². The second-order valence-electron chi connectivity index (χ2n) is 3.76. The van der Waals surface area contributed by atoms with Crippen molar-refractivity contribution in [2.24, 2.45) is 5.73 Å². The normalized spacial score (nSPS) is 10.9. The Kier molecular flexibility index (Phi) is 2.34. The molecule has 1 aromatic carbocycles. The molecule has 2 N–H and O–H groups in total. The van der Waals surface area contributed by atoms with Gasteiger partial charge in [0.15, 0.2) is 5.58 Å². The van der Waals surface area contributed by atoms with Gasteiger partial charge in [0.05, 0.1) is 5.39 Å². The van der Waals surface area contributed by atoms with Crippen molar-refractivity contribution < 1.29 is 4.52 Å². The minimum atomic E-state index is 0.477. The van der Waals surface area contributed by atoms with Crippen molar-refractivity contribution in [1.82, 2.24) is 10.1 Å². The molecule has 2 heterocycles. The summed E-state index contributed by atoms with van der Waals surface area (Å²) in [4.78, 5) is 4.10. The number of pyridine rings is 1. The molecule has 4 nitrogen and oxygen atoms in total. The van der Waals surface area contributed by atoms with Crippen LogP contribution < -0.4 is 5.73 Å². The van der Waals surface area contributed by atoms with E-state index in [-0.39, 0.29) is 0 Å². The van der Waals surface area contributed by atoms with Crippen LogP contribution in [0.5, 0.6) is 0 Å². The van der Waals surface area contributed by atoms with Crippen LogP contribution in [-0.4, -0.2) is 10.1 Å². The van der Waals surface area contributed by atoms with Gasteiger partial charge in [-0.15, -0.1) is 0 Å². The molecule has 4 heteroatoms. The second-order valence-corrected chi connectivity index (χ2v) is 3.76. The molecule has 0 saturated carbocycles. The van der Waals surface area contributed by atoms with E-state index >= 15 is 0 Å². The van der Waals surface area contributed by atoms with Gasteiger partial charge < -0.3 is 10.3 Å². The molecule has 0 fully saturated rings. The summed E-state index contributed by atoms with van der Waals surface area (Å²) >= 11 is 0. The Hall–Kier alpha value is -2.20. The molecular weight excluding hydrogens is 214 g/mol. The van der Waals surface area contributed by atoms with E-state index in [1.807, 2.05) is 24.3 Å². The van der Waals surface area contributed by atoms with Crippen LogP contribution in [0.25, 0.3) is 22.2 Å². The zero-order valence-electron chi connectivity index (χ0n) is 9.13. The van der Waals surface area contributed by atoms with Crippen LogP contribution in [0.15, 0.2) is 47.2 Å². The molecule has 0 aliphatic carbocycles. The topological polar surface area (TPSA) is 64.9 Å². The molecule has 0 unspecified atom stereocenters. The van der Waals surface area contributed by atoms with Crippen molar-refractivity contribution in [2.45, 2.75) is 6.54 Å². The maximum Gasteiger partial charge on any atom is 0.170 e. The summed E-state index contributed by atoms with van der Waals surface area (Å²) in [6.07, 6.45) is 3.45. The van der Waals surface area contributed by atoms with E-state index in [4.69, 9.17) is 10.3 Å². The summed E-state index contributed by atoms with van der Waals surface area (Å²) in [5.41, 5.74) is 9.31. The van der Waals surface area contributed by atoms with Crippen LogP contribution in [-0.2, 0) is 6.54 Å². The average Bonchev–Trinajstić information content (AvgIpc) is 2.82. The maximum absolute atomic E-state index is 5.73. The van der Waals surface area contributed by atoms with Gasteiger partial charge in [0.25, 0.3) is 0 Å². The Labute approximate surface area is 98.1 Å². The van der Waals surface area contributed by atoms with Crippen molar-refractivity contribution in [3.63, 3.8) is 0 Å². The highest BCUT2D eigenvalue weighted by atomic mass is 16.5. The van der Waals surface area contributed by atoms with E-state index in [2.05, 4.69) is 10.1 Å². The maximum atomic E-state index is 5.73. The average molecular weight is 225 g/mol. The fourth-order valence-electron chi connectivity index (χ4n) is 1.91. The van der Waals surface area contributed by atoms with Gasteiger partial charge in [-0.3, -0.25) is 4.98 Å². The third-order valence-electron chi connectivity index (χ3n) is 2.76. The lowest BCUT2D eigenvalue weighted by molar-refractivity contribution is 0.459. The standard InChI is InChI=1S/C13H11N3O/c14-7-9-3-1-2-4-10(9)13-11-8-15-6-5-12(11)17-16-13/h1-6,8H,7,14H2. The molecule has 2 aromatic heterocycles. The van der Waals surface area contributed by atoms with E-state index < -0.39 is 0 Å². The number of rotatable bonds is 2. The Morgan fingerprint density at radius 3 is 2.94 bits per heavy atom. The molecule has 3 rings (SSSR count). The van der Waals surface area contributed by atoms with Gasteiger partial charge in [-0.05, 0) is 5.56 Å². The second kappa shape index (κ2) is 3.99. The number of hydrogen-bond donors (Lipinski definition) is 1. The third-order valence-corrected chi connectivity index (χ3v) is 2.76. The molecular formula is C13H11N3O. The van der Waals surface area contributed by atoms with E-state index in [1.54, 1.807) is 18.5 Å². The van der Waals surface area contributed by atoms with E-state index in [1.165, 1.54) is 0 Å². The summed E-state index contributed by atoms with van der Waals surface area (Å²) < 4.78 is 5.27. The highest BCUT2D eigenvalue weighted by molar-refractivity contribution is 5.91. The fraction of sp³-hybridized carbons (Fsp3) is 0.0769. The monoisotopic (exact) mass is 225 g/mol. The highest BCUT2D eigenvalue weighted by Crippen LogP contribution is 2.29. The smallest absolute Gasteiger partial charge is 0.170 e. The Balaban J connectivity index is 2.27. The summed E-state index contributed by atoms with van der Waals surface area (Å²) in [7, 11) is 0. The SMILES string of the molecule is NCc1ccccc1-c1noc2ccncc12. The first-order valence-corrected chi connectivity index (χ1v) is 5.38. The van der Waals surface area contributed by atoms with Crippen LogP contribution >= 0.6 is 0 Å². The first kappa shape index (κ1) is 9.99. The summed E-state index contributed by atoms with van der Waals surface area (Å²) in [5, 5.41) is 5.01. The van der Waals surface area contributed by atoms with Crippen molar-refractivity contribution >= 4 is 11.0 Å². The van der Waals surface area contributed by atoms with Crippen LogP contribution in [0.1, 0.15) is 5.56 Å². The van der Waals surface area contributed by atoms with Crippen molar-refractivity contribution in [1.29, 1.82) is 0 Å². The first-order chi connectivity index (χ1) is 8.40. The fourth-order valence-corrected chi connectivity index (χ4v) is 1.91. The molecule has 3 aromatic rings. The lowest BCUT2D eigenvalue weighted by atomic mass is 10.0. The summed E-state index contributed by atoms with van der Waals surface area (Å²) in [5.74, 6) is 0. The van der Waals surface area contributed by atoms with Crippen LogP contribution in [0.4, 0.5) is 0 Å². The molecule has 17 heavy (non-hydrogen) atoms. The molecule has 84 valence electrons. The number of fused-ring (bicyclic) bond motifs is 1. The van der Waals surface area contributed by atoms with Crippen LogP contribution in [0, 0.1) is 0 Å². The van der Waals surface area contributed by atoms with Gasteiger partial charge in [-0.1, -0.05) is 29.4 Å². The van der Waals surface area contributed by atoms with E-state index in [9.17, 15) is 0 Å². The summed E-state index contributed by atoms with van der Waals surface area (Å²) in [6.45, 7) is 0.477. The van der Waals surface area contributed by atoms with Crippen molar-refractivity contribution in [3.8, 4) is 11.3 Å². The first-order valence-electron chi connectivity index (χ1n) is 5.38. The predicted octanol–water partition coefficient (Wildman–Crippen LogP) is 2.35. The lowest BCUT2D eigenvalue weighted by Crippen LogP contribution is -1.98. The third kappa shape index (κ3) is 1.59. The van der Waals surface area contributed by atoms with Crippen molar-refractivity contribution in [3.05, 3.63) is 48.3 Å². The molecule has 0 saturated heterocycles. The zero-order valence-corrected chi connectivity index (χ0v) is 9.13. The minimum Gasteiger partial charge on any atom is -0.356 e. The predicted molar refractivity (Wildman–Crippen MR) is 65.1 cm³/mol. The zero-order chi connectivity index (χ0) is 11.7. The van der Waals surface area contributed by atoms with Gasteiger partial charge in [0, 0.05) is 30.6 Å². The largest absolute Gasteiger partial charge is 0.356 e. The molecule has 0 bridgehead atoms. The number of nitrogens with two attached hydrogens (primary N) is 1.